The second-order valence-corrected chi connectivity index (χ2v) is 8.45. The van der Waals surface area contributed by atoms with Crippen LogP contribution < -0.4 is 0 Å². The molecule has 9 nitrogen and oxygen atoms in total. The van der Waals surface area contributed by atoms with E-state index in [0.29, 0.717) is 44.9 Å². The van der Waals surface area contributed by atoms with Gasteiger partial charge in [-0.3, -0.25) is 9.36 Å². The van der Waals surface area contributed by atoms with E-state index in [4.69, 9.17) is 13.8 Å². The Morgan fingerprint density at radius 3 is 2.48 bits per heavy atom. The van der Waals surface area contributed by atoms with Crippen molar-refractivity contribution in [2.75, 3.05) is 6.61 Å². The van der Waals surface area contributed by atoms with E-state index in [1.165, 1.54) is 11.8 Å². The van der Waals surface area contributed by atoms with Gasteiger partial charge in [0.15, 0.2) is 12.4 Å². The summed E-state index contributed by atoms with van der Waals surface area (Å²) in [7, 11) is 0. The number of hydrogen-bond acceptors (Lipinski definition) is 9. The number of carbonyl (C=O) groups excluding carboxylic acids is 2. The topological polar surface area (TPSA) is 113 Å². The molecule has 0 aliphatic carbocycles. The molecular formula is C23H22N4O5S. The molecule has 170 valence electrons. The summed E-state index contributed by atoms with van der Waals surface area (Å²) in [5.41, 5.74) is 3.02. The first kappa shape index (κ1) is 22.5. The second kappa shape index (κ2) is 9.45. The second-order valence-electron chi connectivity index (χ2n) is 7.49. The highest BCUT2D eigenvalue weighted by atomic mass is 32.2. The van der Waals surface area contributed by atoms with Crippen LogP contribution in [0.25, 0.3) is 5.82 Å². The van der Waals surface area contributed by atoms with Gasteiger partial charge in [0.25, 0.3) is 0 Å². The minimum Gasteiger partial charge on any atom is -0.454 e. The highest BCUT2D eigenvalue weighted by Gasteiger charge is 2.21. The maximum atomic E-state index is 12.8. The van der Waals surface area contributed by atoms with Gasteiger partial charge in [-0.15, -0.1) is 0 Å². The lowest BCUT2D eigenvalue weighted by Gasteiger charge is -2.08. The molecule has 0 saturated heterocycles. The summed E-state index contributed by atoms with van der Waals surface area (Å²) in [6.45, 7) is 6.91. The first-order valence-corrected chi connectivity index (χ1v) is 11.1. The fraction of sp³-hybridized carbons (Fsp3) is 0.261. The van der Waals surface area contributed by atoms with Crippen molar-refractivity contribution in [3.8, 4) is 5.82 Å². The molecule has 0 saturated carbocycles. The highest BCUT2D eigenvalue weighted by Crippen LogP contribution is 2.25. The monoisotopic (exact) mass is 466 g/mol. The number of rotatable bonds is 8. The zero-order valence-electron chi connectivity index (χ0n) is 18.6. The van der Waals surface area contributed by atoms with Crippen LogP contribution in [0.1, 0.15) is 49.3 Å². The van der Waals surface area contributed by atoms with Crippen LogP contribution in [0.2, 0.25) is 0 Å². The molecule has 33 heavy (non-hydrogen) atoms. The lowest BCUT2D eigenvalue weighted by molar-refractivity contribution is 0.0470. The molecule has 0 atom stereocenters. The third-order valence-corrected chi connectivity index (χ3v) is 5.97. The number of pyridine rings is 1. The van der Waals surface area contributed by atoms with Crippen molar-refractivity contribution in [1.82, 2.24) is 19.9 Å². The summed E-state index contributed by atoms with van der Waals surface area (Å²) in [6.07, 6.45) is 1.60. The Kier molecular flexibility index (Phi) is 6.45. The molecule has 0 aliphatic rings. The number of nitrogens with zero attached hydrogens (tertiary/aromatic N) is 4. The number of esters is 1. The van der Waals surface area contributed by atoms with Crippen molar-refractivity contribution >= 4 is 23.5 Å². The summed E-state index contributed by atoms with van der Waals surface area (Å²) in [5.74, 6) is 1.54. The molecule has 0 amide bonds. The summed E-state index contributed by atoms with van der Waals surface area (Å²) >= 11 is 1.34. The maximum absolute atomic E-state index is 12.8. The number of Topliss-reactive ketones (excluding diaryl/α,β-unsaturated/α-hetero) is 1. The first-order valence-electron chi connectivity index (χ1n) is 10.2. The van der Waals surface area contributed by atoms with Gasteiger partial charge >= 0.3 is 5.97 Å². The molecule has 0 spiro atoms. The number of aromatic nitrogens is 4. The van der Waals surface area contributed by atoms with E-state index >= 15 is 0 Å². The van der Waals surface area contributed by atoms with Gasteiger partial charge in [0.05, 0.1) is 11.3 Å². The number of ether oxygens (including phenoxy) is 1. The van der Waals surface area contributed by atoms with E-state index in [1.54, 1.807) is 37.4 Å². The number of aryl methyl sites for hydroxylation is 3. The quantitative estimate of drug-likeness (QED) is 0.212. The molecule has 0 aromatic carbocycles. The Hall–Kier alpha value is -3.66. The third kappa shape index (κ3) is 4.90. The Labute approximate surface area is 194 Å². The predicted molar refractivity (Wildman–Crippen MR) is 120 cm³/mol. The molecule has 4 rings (SSSR count). The van der Waals surface area contributed by atoms with Crippen molar-refractivity contribution in [3.63, 3.8) is 0 Å². The van der Waals surface area contributed by atoms with Crippen molar-refractivity contribution in [3.05, 3.63) is 76.3 Å². The molecule has 0 radical (unpaired) electrons. The molecule has 0 bridgehead atoms. The van der Waals surface area contributed by atoms with Crippen molar-refractivity contribution in [1.29, 1.82) is 0 Å². The highest BCUT2D eigenvalue weighted by molar-refractivity contribution is 7.98. The molecule has 4 heterocycles. The van der Waals surface area contributed by atoms with Gasteiger partial charge in [-0.05, 0) is 45.9 Å². The largest absolute Gasteiger partial charge is 0.454 e. The smallest absolute Gasteiger partial charge is 0.341 e. The molecule has 0 aliphatic heterocycles. The zero-order valence-corrected chi connectivity index (χ0v) is 19.4. The average molecular weight is 467 g/mol. The van der Waals surface area contributed by atoms with Crippen molar-refractivity contribution in [2.24, 2.45) is 0 Å². The Morgan fingerprint density at radius 2 is 1.79 bits per heavy atom. The van der Waals surface area contributed by atoms with E-state index in [9.17, 15) is 9.59 Å². The average Bonchev–Trinajstić information content (AvgIpc) is 3.49. The third-order valence-electron chi connectivity index (χ3n) is 4.94. The van der Waals surface area contributed by atoms with Crippen LogP contribution >= 0.6 is 11.8 Å². The van der Waals surface area contributed by atoms with Gasteiger partial charge in [0, 0.05) is 41.0 Å². The number of carbonyl (C=O) groups is 2. The fourth-order valence-electron chi connectivity index (χ4n) is 3.43. The first-order chi connectivity index (χ1) is 15.8. The minimum atomic E-state index is -0.615. The number of ketones is 1. The van der Waals surface area contributed by atoms with Gasteiger partial charge < -0.3 is 13.8 Å². The molecule has 0 N–H and O–H groups in total. The van der Waals surface area contributed by atoms with Crippen molar-refractivity contribution in [2.45, 2.75) is 38.5 Å². The normalized spacial score (nSPS) is 11.0. The molecule has 0 unspecified atom stereocenters. The Balaban J connectivity index is 1.44. The standard InChI is InChI=1S/C23H22N4O5S/c1-13-8-19(16(4)27(13)21-10-15(3)32-26-21)20(28)11-30-23(29)18-6-5-7-24-22(18)33-12-17-9-14(2)31-25-17/h5-10H,11-12H2,1-4H3. The van der Waals surface area contributed by atoms with E-state index in [-0.39, 0.29) is 12.4 Å². The van der Waals surface area contributed by atoms with Crippen LogP contribution in [0.3, 0.4) is 0 Å². The fourth-order valence-corrected chi connectivity index (χ4v) is 4.30. The number of thioether (sulfide) groups is 1. The van der Waals surface area contributed by atoms with E-state index < -0.39 is 5.97 Å². The zero-order chi connectivity index (χ0) is 23.5. The summed E-state index contributed by atoms with van der Waals surface area (Å²) in [6, 6.07) is 8.63. The van der Waals surface area contributed by atoms with E-state index in [1.807, 2.05) is 31.4 Å². The summed E-state index contributed by atoms with van der Waals surface area (Å²) in [5, 5.41) is 8.45. The van der Waals surface area contributed by atoms with Crippen LogP contribution in [-0.2, 0) is 10.5 Å². The molecule has 4 aromatic rings. The van der Waals surface area contributed by atoms with Gasteiger partial charge in [-0.2, -0.15) is 0 Å². The van der Waals surface area contributed by atoms with Crippen LogP contribution in [0.15, 0.2) is 50.6 Å². The van der Waals surface area contributed by atoms with E-state index in [2.05, 4.69) is 15.3 Å². The SMILES string of the molecule is Cc1cc(CSc2ncccc2C(=O)OCC(=O)c2cc(C)n(-c3cc(C)on3)c2C)no1. The van der Waals surface area contributed by atoms with Gasteiger partial charge in [0.1, 0.15) is 16.5 Å². The van der Waals surface area contributed by atoms with Gasteiger partial charge in [-0.25, -0.2) is 9.78 Å². The van der Waals surface area contributed by atoms with Crippen molar-refractivity contribution < 1.29 is 23.4 Å². The number of hydrogen-bond donors (Lipinski definition) is 0. The van der Waals surface area contributed by atoms with Crippen LogP contribution in [0, 0.1) is 27.7 Å². The molecule has 10 heteroatoms. The summed E-state index contributed by atoms with van der Waals surface area (Å²) < 4.78 is 17.4. The molecule has 4 aromatic heterocycles. The van der Waals surface area contributed by atoms with Crippen LogP contribution in [0.5, 0.6) is 0 Å². The molecular weight excluding hydrogens is 444 g/mol. The van der Waals surface area contributed by atoms with Crippen LogP contribution in [-0.4, -0.2) is 38.2 Å². The van der Waals surface area contributed by atoms with E-state index in [0.717, 1.165) is 11.4 Å². The Morgan fingerprint density at radius 1 is 1.03 bits per heavy atom. The predicted octanol–water partition coefficient (Wildman–Crippen LogP) is 4.41. The van der Waals surface area contributed by atoms with Crippen LogP contribution in [0.4, 0.5) is 0 Å². The van der Waals surface area contributed by atoms with Gasteiger partial charge in [0.2, 0.25) is 5.78 Å². The van der Waals surface area contributed by atoms with Gasteiger partial charge in [-0.1, -0.05) is 22.1 Å². The maximum Gasteiger partial charge on any atom is 0.341 e. The molecule has 0 fully saturated rings. The summed E-state index contributed by atoms with van der Waals surface area (Å²) in [4.78, 5) is 29.8. The lowest BCUT2D eigenvalue weighted by Crippen LogP contribution is -2.16. The Bertz CT molecular complexity index is 1320. The lowest BCUT2D eigenvalue weighted by atomic mass is 10.1. The minimum absolute atomic E-state index is 0.291.